The summed E-state index contributed by atoms with van der Waals surface area (Å²) < 4.78 is 50.9. The molecule has 1 saturated carbocycles. The molecule has 0 aromatic heterocycles. The summed E-state index contributed by atoms with van der Waals surface area (Å²) in [4.78, 5) is 28.7. The number of sulfonamides is 1. The monoisotopic (exact) mass is 563 g/mol. The Morgan fingerprint density at radius 1 is 1.05 bits per heavy atom. The van der Waals surface area contributed by atoms with Crippen LogP contribution >= 0.6 is 0 Å². The number of rotatable bonds is 12. The van der Waals surface area contributed by atoms with Crippen LogP contribution in [0.15, 0.2) is 42.5 Å². The molecule has 0 saturated heterocycles. The Kier molecular flexibility index (Phi) is 10.6. The Balaban J connectivity index is 1.95. The van der Waals surface area contributed by atoms with Crippen molar-refractivity contribution in [3.05, 3.63) is 53.8 Å². The molecule has 2 amide bonds. The standard InChI is InChI=1S/C28H38FN3O6S/c1-5-24(28(34)30-22-9-7-6-8-10-22)31(18-20-11-13-21(29)14-12-20)27(33)19-32(39(4,35)36)25-16-15-23(37-2)17-26(25)38-3/h11-17,22,24H,5-10,18-19H2,1-4H3,(H,30,34)/t24-/m1/s1. The van der Waals surface area contributed by atoms with Crippen LogP contribution in [-0.2, 0) is 26.2 Å². The van der Waals surface area contributed by atoms with Crippen LogP contribution in [0.1, 0.15) is 51.0 Å². The zero-order valence-electron chi connectivity index (χ0n) is 23.0. The first-order chi connectivity index (χ1) is 18.6. The molecule has 1 atom stereocenters. The maximum atomic E-state index is 13.9. The molecule has 0 unspecified atom stereocenters. The minimum atomic E-state index is -3.94. The highest BCUT2D eigenvalue weighted by Crippen LogP contribution is 2.34. The zero-order valence-corrected chi connectivity index (χ0v) is 23.8. The van der Waals surface area contributed by atoms with Crippen molar-refractivity contribution in [1.82, 2.24) is 10.2 Å². The van der Waals surface area contributed by atoms with Gasteiger partial charge in [0.15, 0.2) is 0 Å². The molecule has 39 heavy (non-hydrogen) atoms. The summed E-state index contributed by atoms with van der Waals surface area (Å²) in [6.45, 7) is 1.25. The van der Waals surface area contributed by atoms with E-state index in [-0.39, 0.29) is 29.9 Å². The predicted octanol–water partition coefficient (Wildman–Crippen LogP) is 3.87. The summed E-state index contributed by atoms with van der Waals surface area (Å²) in [7, 11) is -1.07. The summed E-state index contributed by atoms with van der Waals surface area (Å²) in [5.41, 5.74) is 0.775. The lowest BCUT2D eigenvalue weighted by molar-refractivity contribution is -0.140. The van der Waals surface area contributed by atoms with Crippen LogP contribution in [0.2, 0.25) is 0 Å². The van der Waals surface area contributed by atoms with Crippen LogP contribution < -0.4 is 19.1 Å². The first kappa shape index (κ1) is 30.2. The number of hydrogen-bond donors (Lipinski definition) is 1. The Hall–Kier alpha value is -3.34. The predicted molar refractivity (Wildman–Crippen MR) is 148 cm³/mol. The molecule has 11 heteroatoms. The Morgan fingerprint density at radius 3 is 2.28 bits per heavy atom. The molecular weight excluding hydrogens is 525 g/mol. The first-order valence-corrected chi connectivity index (χ1v) is 15.0. The van der Waals surface area contributed by atoms with E-state index in [2.05, 4.69) is 5.32 Å². The Bertz CT molecular complexity index is 1230. The lowest BCUT2D eigenvalue weighted by Crippen LogP contribution is -2.54. The summed E-state index contributed by atoms with van der Waals surface area (Å²) in [6.07, 6.45) is 6.28. The van der Waals surface area contributed by atoms with Crippen LogP contribution in [0.25, 0.3) is 0 Å². The van der Waals surface area contributed by atoms with E-state index in [1.165, 1.54) is 43.4 Å². The van der Waals surface area contributed by atoms with E-state index in [1.54, 1.807) is 25.1 Å². The summed E-state index contributed by atoms with van der Waals surface area (Å²) in [5, 5.41) is 3.09. The first-order valence-electron chi connectivity index (χ1n) is 13.1. The van der Waals surface area contributed by atoms with Crippen molar-refractivity contribution in [3.8, 4) is 11.5 Å². The third-order valence-electron chi connectivity index (χ3n) is 6.94. The van der Waals surface area contributed by atoms with Gasteiger partial charge in [-0.3, -0.25) is 13.9 Å². The van der Waals surface area contributed by atoms with Gasteiger partial charge in [-0.2, -0.15) is 0 Å². The van der Waals surface area contributed by atoms with E-state index < -0.39 is 34.3 Å². The van der Waals surface area contributed by atoms with Gasteiger partial charge < -0.3 is 19.7 Å². The highest BCUT2D eigenvalue weighted by atomic mass is 32.2. The molecule has 0 spiro atoms. The number of carbonyl (C=O) groups excluding carboxylic acids is 2. The molecule has 0 radical (unpaired) electrons. The fraction of sp³-hybridized carbons (Fsp3) is 0.500. The van der Waals surface area contributed by atoms with Gasteiger partial charge in [0.05, 0.1) is 26.2 Å². The number of benzene rings is 2. The molecule has 1 fully saturated rings. The molecule has 3 rings (SSSR count). The number of hydrogen-bond acceptors (Lipinski definition) is 6. The third kappa shape index (κ3) is 8.08. The third-order valence-corrected chi connectivity index (χ3v) is 8.06. The molecular formula is C28H38FN3O6S. The number of anilines is 1. The van der Waals surface area contributed by atoms with Gasteiger partial charge in [-0.05, 0) is 49.1 Å². The Labute approximate surface area is 230 Å². The SMILES string of the molecule is CC[C@H](C(=O)NC1CCCCC1)N(Cc1ccc(F)cc1)C(=O)CN(c1ccc(OC)cc1OC)S(C)(=O)=O. The lowest BCUT2D eigenvalue weighted by Gasteiger charge is -2.34. The van der Waals surface area contributed by atoms with Crippen molar-refractivity contribution in [3.63, 3.8) is 0 Å². The molecule has 0 aliphatic heterocycles. The molecule has 2 aromatic rings. The second-order valence-electron chi connectivity index (χ2n) is 9.72. The van der Waals surface area contributed by atoms with E-state index in [9.17, 15) is 22.4 Å². The molecule has 1 aliphatic rings. The van der Waals surface area contributed by atoms with Crippen LogP contribution in [0, 0.1) is 5.82 Å². The molecule has 0 bridgehead atoms. The fourth-order valence-corrected chi connectivity index (χ4v) is 5.69. The van der Waals surface area contributed by atoms with Crippen molar-refractivity contribution in [1.29, 1.82) is 0 Å². The average molecular weight is 564 g/mol. The molecule has 2 aromatic carbocycles. The van der Waals surface area contributed by atoms with E-state index in [4.69, 9.17) is 9.47 Å². The number of ether oxygens (including phenoxy) is 2. The van der Waals surface area contributed by atoms with E-state index >= 15 is 0 Å². The van der Waals surface area contributed by atoms with Gasteiger partial charge in [-0.25, -0.2) is 12.8 Å². The largest absolute Gasteiger partial charge is 0.497 e. The van der Waals surface area contributed by atoms with Crippen molar-refractivity contribution in [2.75, 3.05) is 31.3 Å². The number of nitrogens with zero attached hydrogens (tertiary/aromatic N) is 2. The Morgan fingerprint density at radius 2 is 1.72 bits per heavy atom. The van der Waals surface area contributed by atoms with E-state index in [0.717, 1.165) is 42.7 Å². The van der Waals surface area contributed by atoms with Gasteiger partial charge in [0, 0.05) is 18.7 Å². The maximum absolute atomic E-state index is 13.9. The number of amides is 2. The van der Waals surface area contributed by atoms with Crippen molar-refractivity contribution < 1.29 is 31.9 Å². The highest BCUT2D eigenvalue weighted by Gasteiger charge is 2.33. The minimum Gasteiger partial charge on any atom is -0.497 e. The smallest absolute Gasteiger partial charge is 0.244 e. The quantitative estimate of drug-likeness (QED) is 0.421. The number of nitrogens with one attached hydrogen (secondary N) is 1. The van der Waals surface area contributed by atoms with Gasteiger partial charge in [0.2, 0.25) is 21.8 Å². The minimum absolute atomic E-state index is 0.00700. The zero-order chi connectivity index (χ0) is 28.6. The maximum Gasteiger partial charge on any atom is 0.244 e. The van der Waals surface area contributed by atoms with Crippen molar-refractivity contribution in [2.45, 2.75) is 64.1 Å². The second-order valence-corrected chi connectivity index (χ2v) is 11.6. The van der Waals surface area contributed by atoms with Gasteiger partial charge in [-0.1, -0.05) is 38.3 Å². The number of halogens is 1. The molecule has 9 nitrogen and oxygen atoms in total. The summed E-state index contributed by atoms with van der Waals surface area (Å²) in [6, 6.07) is 9.46. The normalized spacial score (nSPS) is 14.8. The number of methoxy groups -OCH3 is 2. The second kappa shape index (κ2) is 13.6. The van der Waals surface area contributed by atoms with E-state index in [0.29, 0.717) is 17.7 Å². The molecule has 1 aliphatic carbocycles. The topological polar surface area (TPSA) is 105 Å². The summed E-state index contributed by atoms with van der Waals surface area (Å²) >= 11 is 0. The van der Waals surface area contributed by atoms with Gasteiger partial charge in [0.1, 0.15) is 29.9 Å². The molecule has 214 valence electrons. The fourth-order valence-electron chi connectivity index (χ4n) is 4.84. The average Bonchev–Trinajstić information content (AvgIpc) is 2.92. The van der Waals surface area contributed by atoms with E-state index in [1.807, 2.05) is 0 Å². The van der Waals surface area contributed by atoms with Crippen LogP contribution in [-0.4, -0.2) is 64.2 Å². The highest BCUT2D eigenvalue weighted by molar-refractivity contribution is 7.92. The van der Waals surface area contributed by atoms with Crippen molar-refractivity contribution >= 4 is 27.5 Å². The van der Waals surface area contributed by atoms with Crippen molar-refractivity contribution in [2.24, 2.45) is 0 Å². The summed E-state index contributed by atoms with van der Waals surface area (Å²) in [5.74, 6) is -0.617. The lowest BCUT2D eigenvalue weighted by atomic mass is 9.95. The van der Waals surface area contributed by atoms with Gasteiger partial charge in [0.25, 0.3) is 0 Å². The molecule has 0 heterocycles. The van der Waals surface area contributed by atoms with Crippen LogP contribution in [0.4, 0.5) is 10.1 Å². The number of carbonyl (C=O) groups is 2. The van der Waals surface area contributed by atoms with Crippen LogP contribution in [0.3, 0.4) is 0 Å². The van der Waals surface area contributed by atoms with Gasteiger partial charge >= 0.3 is 0 Å². The van der Waals surface area contributed by atoms with Crippen LogP contribution in [0.5, 0.6) is 11.5 Å². The molecule has 1 N–H and O–H groups in total. The van der Waals surface area contributed by atoms with Gasteiger partial charge in [-0.15, -0.1) is 0 Å².